The number of allylic oxidation sites excluding steroid dienone is 4. The summed E-state index contributed by atoms with van der Waals surface area (Å²) in [6, 6.07) is 0. The molecule has 2 nitrogen and oxygen atoms in total. The summed E-state index contributed by atoms with van der Waals surface area (Å²) in [7, 11) is 0. The zero-order valence-corrected chi connectivity index (χ0v) is 11.2. The second-order valence-corrected chi connectivity index (χ2v) is 5.01. The summed E-state index contributed by atoms with van der Waals surface area (Å²) in [6.45, 7) is 7.82. The Hall–Kier alpha value is -1.15. The van der Waals surface area contributed by atoms with Crippen molar-refractivity contribution < 1.29 is 9.90 Å². The standard InChI is InChI=1S/C15H22O2/c1-10(2)5-8-14(16)12(4)13-7-6-11(3)15(17)9-13/h5-6,14,16H,7-9H2,1-4H3. The molecule has 1 rings (SSSR count). The second kappa shape index (κ2) is 5.97. The molecule has 0 amide bonds. The highest BCUT2D eigenvalue weighted by Crippen LogP contribution is 2.25. The van der Waals surface area contributed by atoms with Crippen LogP contribution in [-0.2, 0) is 4.79 Å². The van der Waals surface area contributed by atoms with Crippen molar-refractivity contribution in [2.75, 3.05) is 0 Å². The fourth-order valence-electron chi connectivity index (χ4n) is 1.86. The van der Waals surface area contributed by atoms with Gasteiger partial charge in [-0.25, -0.2) is 0 Å². The van der Waals surface area contributed by atoms with Crippen LogP contribution in [0.25, 0.3) is 0 Å². The third kappa shape index (κ3) is 3.97. The van der Waals surface area contributed by atoms with E-state index in [-0.39, 0.29) is 5.78 Å². The predicted octanol–water partition coefficient (Wildman–Crippen LogP) is 3.33. The molecule has 0 spiro atoms. The van der Waals surface area contributed by atoms with Crippen LogP contribution in [0.1, 0.15) is 47.0 Å². The number of carbonyl (C=O) groups is 1. The number of rotatable bonds is 3. The molecule has 0 aliphatic heterocycles. The van der Waals surface area contributed by atoms with Gasteiger partial charge in [0.25, 0.3) is 0 Å². The zero-order chi connectivity index (χ0) is 13.0. The van der Waals surface area contributed by atoms with Crippen molar-refractivity contribution in [1.82, 2.24) is 0 Å². The van der Waals surface area contributed by atoms with Gasteiger partial charge in [-0.1, -0.05) is 23.3 Å². The quantitative estimate of drug-likeness (QED) is 0.760. The maximum Gasteiger partial charge on any atom is 0.162 e. The Labute approximate surface area is 104 Å². The minimum atomic E-state index is -0.459. The Bertz CT molecular complexity index is 393. The lowest BCUT2D eigenvalue weighted by Gasteiger charge is -2.18. The molecule has 0 radical (unpaired) electrons. The fourth-order valence-corrected chi connectivity index (χ4v) is 1.86. The average Bonchev–Trinajstić information content (AvgIpc) is 2.28. The van der Waals surface area contributed by atoms with E-state index in [1.807, 2.05) is 39.8 Å². The third-order valence-corrected chi connectivity index (χ3v) is 3.28. The number of Topliss-reactive ketones (excluding diaryl/α,β-unsaturated/α-hetero) is 1. The molecule has 1 atom stereocenters. The Balaban J connectivity index is 2.77. The zero-order valence-electron chi connectivity index (χ0n) is 11.2. The molecule has 0 heterocycles. The topological polar surface area (TPSA) is 37.3 Å². The van der Waals surface area contributed by atoms with E-state index >= 15 is 0 Å². The summed E-state index contributed by atoms with van der Waals surface area (Å²) in [5.41, 5.74) is 4.09. The fraction of sp³-hybridized carbons (Fsp3) is 0.533. The average molecular weight is 234 g/mol. The van der Waals surface area contributed by atoms with Gasteiger partial charge in [-0.3, -0.25) is 4.79 Å². The number of hydrogen-bond acceptors (Lipinski definition) is 2. The van der Waals surface area contributed by atoms with Gasteiger partial charge in [0.05, 0.1) is 6.10 Å². The van der Waals surface area contributed by atoms with E-state index in [1.54, 1.807) is 0 Å². The van der Waals surface area contributed by atoms with Gasteiger partial charge in [0.1, 0.15) is 0 Å². The lowest BCUT2D eigenvalue weighted by atomic mass is 9.89. The van der Waals surface area contributed by atoms with Gasteiger partial charge in [0.2, 0.25) is 0 Å². The van der Waals surface area contributed by atoms with Crippen molar-refractivity contribution in [2.45, 2.75) is 53.1 Å². The van der Waals surface area contributed by atoms with Crippen LogP contribution in [0.4, 0.5) is 0 Å². The van der Waals surface area contributed by atoms with Crippen molar-refractivity contribution in [1.29, 1.82) is 0 Å². The summed E-state index contributed by atoms with van der Waals surface area (Å²) in [6.07, 6.45) is 5.43. The summed E-state index contributed by atoms with van der Waals surface area (Å²) < 4.78 is 0. The highest BCUT2D eigenvalue weighted by atomic mass is 16.3. The van der Waals surface area contributed by atoms with Crippen LogP contribution >= 0.6 is 0 Å². The second-order valence-electron chi connectivity index (χ2n) is 5.01. The number of hydrogen-bond donors (Lipinski definition) is 1. The minimum Gasteiger partial charge on any atom is -0.388 e. The number of carbonyl (C=O) groups excluding carboxylic acids is 1. The monoisotopic (exact) mass is 234 g/mol. The van der Waals surface area contributed by atoms with E-state index in [0.717, 1.165) is 23.1 Å². The summed E-state index contributed by atoms with van der Waals surface area (Å²) >= 11 is 0. The van der Waals surface area contributed by atoms with Crippen LogP contribution in [0.5, 0.6) is 0 Å². The van der Waals surface area contributed by atoms with E-state index in [0.29, 0.717) is 12.8 Å². The van der Waals surface area contributed by atoms with Crippen LogP contribution in [0.15, 0.2) is 34.4 Å². The first kappa shape index (κ1) is 13.9. The van der Waals surface area contributed by atoms with Crippen LogP contribution in [0.3, 0.4) is 0 Å². The Morgan fingerprint density at radius 2 is 2.12 bits per heavy atom. The highest BCUT2D eigenvalue weighted by molar-refractivity contribution is 5.97. The molecule has 1 aliphatic rings. The molecular formula is C15H22O2. The van der Waals surface area contributed by atoms with Crippen molar-refractivity contribution in [2.24, 2.45) is 0 Å². The van der Waals surface area contributed by atoms with E-state index < -0.39 is 6.10 Å². The minimum absolute atomic E-state index is 0.181. The lowest BCUT2D eigenvalue weighted by molar-refractivity contribution is -0.115. The molecule has 2 heteroatoms. The van der Waals surface area contributed by atoms with Crippen molar-refractivity contribution in [3.63, 3.8) is 0 Å². The maximum absolute atomic E-state index is 11.6. The molecule has 0 bridgehead atoms. The highest BCUT2D eigenvalue weighted by Gasteiger charge is 2.17. The smallest absolute Gasteiger partial charge is 0.162 e. The lowest BCUT2D eigenvalue weighted by Crippen LogP contribution is -2.14. The molecule has 0 saturated heterocycles. The van der Waals surface area contributed by atoms with E-state index in [4.69, 9.17) is 0 Å². The molecule has 1 aliphatic carbocycles. The number of aliphatic hydroxyl groups is 1. The van der Waals surface area contributed by atoms with Crippen molar-refractivity contribution in [3.05, 3.63) is 34.4 Å². The number of aliphatic hydroxyl groups excluding tert-OH is 1. The van der Waals surface area contributed by atoms with Crippen LogP contribution in [-0.4, -0.2) is 17.0 Å². The third-order valence-electron chi connectivity index (χ3n) is 3.28. The van der Waals surface area contributed by atoms with Gasteiger partial charge < -0.3 is 5.11 Å². The largest absolute Gasteiger partial charge is 0.388 e. The Kier molecular flexibility index (Phi) is 4.88. The first-order valence-corrected chi connectivity index (χ1v) is 6.11. The van der Waals surface area contributed by atoms with Gasteiger partial charge >= 0.3 is 0 Å². The first-order chi connectivity index (χ1) is 7.91. The SMILES string of the molecule is CC(C)=CCC(O)C(C)=C1CC=C(C)C(=O)C1. The van der Waals surface area contributed by atoms with Crippen LogP contribution in [0, 0.1) is 0 Å². The summed E-state index contributed by atoms with van der Waals surface area (Å²) in [5, 5.41) is 10.0. The molecule has 1 N–H and O–H groups in total. The van der Waals surface area contributed by atoms with Gasteiger partial charge in [-0.2, -0.15) is 0 Å². The Morgan fingerprint density at radius 3 is 2.65 bits per heavy atom. The first-order valence-electron chi connectivity index (χ1n) is 6.11. The van der Waals surface area contributed by atoms with E-state index in [2.05, 4.69) is 0 Å². The van der Waals surface area contributed by atoms with Gasteiger partial charge in [-0.05, 0) is 51.7 Å². The summed E-state index contributed by atoms with van der Waals surface area (Å²) in [5.74, 6) is 0.181. The molecule has 0 saturated carbocycles. The molecule has 1 unspecified atom stereocenters. The number of ketones is 1. The van der Waals surface area contributed by atoms with Crippen LogP contribution < -0.4 is 0 Å². The van der Waals surface area contributed by atoms with Crippen LogP contribution in [0.2, 0.25) is 0 Å². The van der Waals surface area contributed by atoms with E-state index in [1.165, 1.54) is 5.57 Å². The molecule has 0 aromatic rings. The molecule has 0 aromatic carbocycles. The summed E-state index contributed by atoms with van der Waals surface area (Å²) in [4.78, 5) is 11.6. The molecule has 0 fully saturated rings. The van der Waals surface area contributed by atoms with Gasteiger partial charge in [0, 0.05) is 6.42 Å². The molecule has 17 heavy (non-hydrogen) atoms. The maximum atomic E-state index is 11.6. The van der Waals surface area contributed by atoms with Gasteiger partial charge in [0.15, 0.2) is 5.78 Å². The molecule has 0 aromatic heterocycles. The molecule has 94 valence electrons. The normalized spacial score (nSPS) is 20.8. The van der Waals surface area contributed by atoms with E-state index in [9.17, 15) is 9.90 Å². The molecular weight excluding hydrogens is 212 g/mol. The van der Waals surface area contributed by atoms with Gasteiger partial charge in [-0.15, -0.1) is 0 Å². The Morgan fingerprint density at radius 1 is 1.47 bits per heavy atom. The van der Waals surface area contributed by atoms with Crippen molar-refractivity contribution in [3.8, 4) is 0 Å². The van der Waals surface area contributed by atoms with Crippen molar-refractivity contribution >= 4 is 5.78 Å². The predicted molar refractivity (Wildman–Crippen MR) is 70.8 cm³/mol.